The number of hydrogen-bond donors (Lipinski definition) is 3. The van der Waals surface area contributed by atoms with Crippen LogP contribution < -0.4 is 16.6 Å². The van der Waals surface area contributed by atoms with Crippen molar-refractivity contribution in [3.63, 3.8) is 0 Å². The summed E-state index contributed by atoms with van der Waals surface area (Å²) < 4.78 is 14.6. The number of hydrazine groups is 1. The molecular weight excluding hydrogens is 386 g/mol. The molecule has 4 N–H and O–H groups in total. The molecular formula is C12H8BrCl2FN4O. The third-order valence-corrected chi connectivity index (χ3v) is 3.57. The Morgan fingerprint density at radius 2 is 1.95 bits per heavy atom. The van der Waals surface area contributed by atoms with Crippen LogP contribution in [0.4, 0.5) is 15.9 Å². The van der Waals surface area contributed by atoms with Gasteiger partial charge in [0.15, 0.2) is 11.6 Å². The predicted molar refractivity (Wildman–Crippen MR) is 84.1 cm³/mol. The Bertz CT molecular complexity index is 691. The van der Waals surface area contributed by atoms with Gasteiger partial charge in [0.05, 0.1) is 21.3 Å². The van der Waals surface area contributed by atoms with Crippen molar-refractivity contribution in [2.24, 2.45) is 5.84 Å². The van der Waals surface area contributed by atoms with Crippen molar-refractivity contribution in [2.45, 2.75) is 0 Å². The van der Waals surface area contributed by atoms with E-state index in [1.807, 2.05) is 0 Å². The zero-order valence-corrected chi connectivity index (χ0v) is 13.4. The van der Waals surface area contributed by atoms with E-state index in [-0.39, 0.29) is 27.1 Å². The van der Waals surface area contributed by atoms with Crippen LogP contribution >= 0.6 is 39.1 Å². The first-order valence-corrected chi connectivity index (χ1v) is 7.06. The second-order valence-corrected chi connectivity index (χ2v) is 5.59. The van der Waals surface area contributed by atoms with Crippen molar-refractivity contribution in [3.8, 4) is 0 Å². The Hall–Kier alpha value is -1.41. The molecule has 2 aromatic rings. The highest BCUT2D eigenvalue weighted by atomic mass is 79.9. The average Bonchev–Trinajstić information content (AvgIpc) is 2.42. The number of halogens is 4. The summed E-state index contributed by atoms with van der Waals surface area (Å²) in [5.41, 5.74) is 2.00. The minimum Gasteiger partial charge on any atom is -0.319 e. The maximum absolute atomic E-state index is 14.0. The van der Waals surface area contributed by atoms with Gasteiger partial charge in [0, 0.05) is 10.7 Å². The molecule has 0 bridgehead atoms. The van der Waals surface area contributed by atoms with Gasteiger partial charge in [-0.15, -0.1) is 0 Å². The minimum atomic E-state index is -0.873. The first-order valence-electron chi connectivity index (χ1n) is 5.51. The lowest BCUT2D eigenvalue weighted by Gasteiger charge is -2.11. The molecule has 0 unspecified atom stereocenters. The number of anilines is 2. The van der Waals surface area contributed by atoms with Crippen LogP contribution in [0.3, 0.4) is 0 Å². The van der Waals surface area contributed by atoms with Crippen molar-refractivity contribution in [1.29, 1.82) is 0 Å². The van der Waals surface area contributed by atoms with Gasteiger partial charge in [-0.2, -0.15) is 0 Å². The number of hydrogen-bond acceptors (Lipinski definition) is 4. The quantitative estimate of drug-likeness (QED) is 0.546. The van der Waals surface area contributed by atoms with Gasteiger partial charge in [0.25, 0.3) is 5.91 Å². The van der Waals surface area contributed by atoms with Crippen molar-refractivity contribution in [1.82, 2.24) is 4.98 Å². The fraction of sp³-hybridized carbons (Fsp3) is 0. The fourth-order valence-corrected chi connectivity index (χ4v) is 2.87. The Morgan fingerprint density at radius 3 is 2.52 bits per heavy atom. The molecule has 1 aromatic carbocycles. The number of nitrogens with two attached hydrogens (primary N) is 1. The lowest BCUT2D eigenvalue weighted by Crippen LogP contribution is -2.18. The van der Waals surface area contributed by atoms with Crippen LogP contribution in [-0.2, 0) is 0 Å². The molecule has 0 fully saturated rings. The van der Waals surface area contributed by atoms with Gasteiger partial charge in [0.2, 0.25) is 0 Å². The van der Waals surface area contributed by atoms with Crippen molar-refractivity contribution in [2.75, 3.05) is 10.7 Å². The topological polar surface area (TPSA) is 80.0 Å². The first kappa shape index (κ1) is 16.0. The molecule has 0 aliphatic carbocycles. The molecule has 1 amide bonds. The van der Waals surface area contributed by atoms with Gasteiger partial charge in [-0.3, -0.25) is 4.79 Å². The number of nitrogen functional groups attached to an aromatic ring is 1. The highest BCUT2D eigenvalue weighted by molar-refractivity contribution is 9.10. The third kappa shape index (κ3) is 3.44. The van der Waals surface area contributed by atoms with E-state index in [4.69, 9.17) is 29.0 Å². The molecule has 0 radical (unpaired) electrons. The normalized spacial score (nSPS) is 10.3. The Labute approximate surface area is 137 Å². The summed E-state index contributed by atoms with van der Waals surface area (Å²) in [4.78, 5) is 15.8. The molecule has 0 spiro atoms. The second kappa shape index (κ2) is 6.57. The molecule has 2 rings (SSSR count). The number of rotatable bonds is 3. The van der Waals surface area contributed by atoms with Gasteiger partial charge >= 0.3 is 0 Å². The standard InChI is InChI=1S/C12H8BrCl2FN4O/c13-5-3-7(14)10(8(15)4-5)19-12(21)6-1-2-18-11(20-17)9(6)16/h1-4H,17H2,(H,18,20)(H,19,21). The number of carbonyl (C=O) groups excluding carboxylic acids is 1. The smallest absolute Gasteiger partial charge is 0.258 e. The van der Waals surface area contributed by atoms with Gasteiger partial charge in [0.1, 0.15) is 0 Å². The third-order valence-electron chi connectivity index (χ3n) is 2.52. The Morgan fingerprint density at radius 1 is 1.33 bits per heavy atom. The molecule has 0 saturated carbocycles. The average molecular weight is 394 g/mol. The molecule has 110 valence electrons. The van der Waals surface area contributed by atoms with Crippen molar-refractivity contribution in [3.05, 3.63) is 50.3 Å². The molecule has 5 nitrogen and oxygen atoms in total. The van der Waals surface area contributed by atoms with Gasteiger partial charge in [-0.25, -0.2) is 15.2 Å². The number of nitrogens with zero attached hydrogens (tertiary/aromatic N) is 1. The van der Waals surface area contributed by atoms with Gasteiger partial charge in [-0.05, 0) is 18.2 Å². The Kier molecular flexibility index (Phi) is 5.00. The molecule has 0 saturated heterocycles. The number of pyridine rings is 1. The molecule has 0 atom stereocenters. The van der Waals surface area contributed by atoms with Crippen LogP contribution in [0.25, 0.3) is 0 Å². The van der Waals surface area contributed by atoms with E-state index in [1.165, 1.54) is 12.3 Å². The van der Waals surface area contributed by atoms with E-state index in [2.05, 4.69) is 31.7 Å². The zero-order chi connectivity index (χ0) is 15.6. The maximum atomic E-state index is 14.0. The lowest BCUT2D eigenvalue weighted by molar-refractivity contribution is 0.102. The van der Waals surface area contributed by atoms with E-state index in [9.17, 15) is 9.18 Å². The molecule has 0 aliphatic rings. The van der Waals surface area contributed by atoms with Crippen LogP contribution in [-0.4, -0.2) is 10.9 Å². The number of carbonyl (C=O) groups is 1. The summed E-state index contributed by atoms with van der Waals surface area (Å²) in [6, 6.07) is 4.32. The van der Waals surface area contributed by atoms with E-state index < -0.39 is 11.7 Å². The maximum Gasteiger partial charge on any atom is 0.258 e. The Balaban J connectivity index is 2.35. The zero-order valence-electron chi connectivity index (χ0n) is 10.3. The summed E-state index contributed by atoms with van der Waals surface area (Å²) in [7, 11) is 0. The van der Waals surface area contributed by atoms with E-state index >= 15 is 0 Å². The first-order chi connectivity index (χ1) is 9.93. The molecule has 21 heavy (non-hydrogen) atoms. The SMILES string of the molecule is NNc1nccc(C(=O)Nc2c(Cl)cc(Br)cc2Cl)c1F. The van der Waals surface area contributed by atoms with Crippen LogP contribution in [0.2, 0.25) is 10.0 Å². The summed E-state index contributed by atoms with van der Waals surface area (Å²) >= 11 is 15.2. The van der Waals surface area contributed by atoms with Crippen LogP contribution in [0.5, 0.6) is 0 Å². The number of nitrogens with one attached hydrogen (secondary N) is 2. The van der Waals surface area contributed by atoms with Crippen LogP contribution in [0.15, 0.2) is 28.9 Å². The highest BCUT2D eigenvalue weighted by Crippen LogP contribution is 2.34. The fourth-order valence-electron chi connectivity index (χ4n) is 1.56. The number of amides is 1. The van der Waals surface area contributed by atoms with E-state index in [1.54, 1.807) is 12.1 Å². The second-order valence-electron chi connectivity index (χ2n) is 3.86. The minimum absolute atomic E-state index is 0.185. The van der Waals surface area contributed by atoms with Crippen molar-refractivity contribution < 1.29 is 9.18 Å². The predicted octanol–water partition coefficient (Wildman–Crippen LogP) is 3.83. The summed E-state index contributed by atoms with van der Waals surface area (Å²) in [6.45, 7) is 0. The largest absolute Gasteiger partial charge is 0.319 e. The van der Waals surface area contributed by atoms with Gasteiger partial charge < -0.3 is 10.7 Å². The van der Waals surface area contributed by atoms with E-state index in [0.717, 1.165) is 0 Å². The van der Waals surface area contributed by atoms with E-state index in [0.29, 0.717) is 4.47 Å². The van der Waals surface area contributed by atoms with Crippen LogP contribution in [0.1, 0.15) is 10.4 Å². The number of benzene rings is 1. The summed E-state index contributed by atoms with van der Waals surface area (Å²) in [6.07, 6.45) is 1.25. The number of aromatic nitrogens is 1. The summed E-state index contributed by atoms with van der Waals surface area (Å²) in [5, 5.41) is 2.89. The van der Waals surface area contributed by atoms with Gasteiger partial charge in [-0.1, -0.05) is 39.1 Å². The molecule has 0 aliphatic heterocycles. The lowest BCUT2D eigenvalue weighted by atomic mass is 10.2. The summed E-state index contributed by atoms with van der Waals surface area (Å²) in [5.74, 6) is 3.27. The highest BCUT2D eigenvalue weighted by Gasteiger charge is 2.18. The molecule has 1 aromatic heterocycles. The monoisotopic (exact) mass is 392 g/mol. The van der Waals surface area contributed by atoms with Crippen LogP contribution in [0, 0.1) is 5.82 Å². The molecule has 9 heteroatoms. The van der Waals surface area contributed by atoms with Crippen molar-refractivity contribution >= 4 is 56.5 Å². The molecule has 1 heterocycles.